The molecule has 69 heavy (non-hydrogen) atoms. The van der Waals surface area contributed by atoms with Gasteiger partial charge in [-0.05, 0) is 59.7 Å². The van der Waals surface area contributed by atoms with Gasteiger partial charge in [0.15, 0.2) is 11.6 Å². The van der Waals surface area contributed by atoms with Crippen LogP contribution in [0.25, 0.3) is 128 Å². The highest BCUT2D eigenvalue weighted by molar-refractivity contribution is 6.20. The first-order valence-corrected chi connectivity index (χ1v) is 23.4. The number of rotatable bonds is 7. The van der Waals surface area contributed by atoms with Gasteiger partial charge in [-0.25, -0.2) is 4.98 Å². The second kappa shape index (κ2) is 15.6. The van der Waals surface area contributed by atoms with Crippen LogP contribution in [-0.4, -0.2) is 28.7 Å². The molecule has 6 heteroatoms. The Morgan fingerprint density at radius 1 is 0.261 bits per heavy atom. The molecule has 0 aliphatic rings. The molecular weight excluding hydrogens is 841 g/mol. The van der Waals surface area contributed by atoms with Gasteiger partial charge >= 0.3 is 0 Å². The smallest absolute Gasteiger partial charge is 0.238 e. The van der Waals surface area contributed by atoms with Crippen molar-refractivity contribution in [1.29, 1.82) is 0 Å². The summed E-state index contributed by atoms with van der Waals surface area (Å²) in [5, 5.41) is 7.02. The zero-order chi connectivity index (χ0) is 45.4. The lowest BCUT2D eigenvalue weighted by Crippen LogP contribution is -2.06. The Balaban J connectivity index is 1.10. The molecule has 0 aliphatic heterocycles. The Bertz CT molecular complexity index is 4230. The van der Waals surface area contributed by atoms with Crippen molar-refractivity contribution in [2.75, 3.05) is 0 Å². The van der Waals surface area contributed by atoms with Gasteiger partial charge in [0.1, 0.15) is 0 Å². The van der Waals surface area contributed by atoms with Crippen molar-refractivity contribution >= 4 is 65.4 Å². The molecule has 0 fully saturated rings. The van der Waals surface area contributed by atoms with Gasteiger partial charge < -0.3 is 9.13 Å². The van der Waals surface area contributed by atoms with Crippen molar-refractivity contribution in [3.8, 4) is 62.4 Å². The summed E-state index contributed by atoms with van der Waals surface area (Å²) in [4.78, 5) is 15.6. The van der Waals surface area contributed by atoms with Crippen LogP contribution in [0.1, 0.15) is 0 Å². The summed E-state index contributed by atoms with van der Waals surface area (Å²) in [6.45, 7) is 0. The zero-order valence-corrected chi connectivity index (χ0v) is 37.3. The summed E-state index contributed by atoms with van der Waals surface area (Å²) >= 11 is 0. The second-order valence-electron chi connectivity index (χ2n) is 17.6. The number of hydrogen-bond donors (Lipinski definition) is 0. The predicted octanol–water partition coefficient (Wildman–Crippen LogP) is 15.8. The Morgan fingerprint density at radius 2 is 0.739 bits per heavy atom. The van der Waals surface area contributed by atoms with Gasteiger partial charge in [-0.3, -0.25) is 4.57 Å². The van der Waals surface area contributed by atoms with E-state index in [0.717, 1.165) is 77.6 Å². The molecule has 6 nitrogen and oxygen atoms in total. The van der Waals surface area contributed by atoms with E-state index in [-0.39, 0.29) is 0 Å². The molecule has 10 aromatic carbocycles. The van der Waals surface area contributed by atoms with Gasteiger partial charge in [0.25, 0.3) is 0 Å². The van der Waals surface area contributed by atoms with Crippen LogP contribution in [0.2, 0.25) is 0 Å². The first-order chi connectivity index (χ1) is 34.2. The standard InChI is InChI=1S/C63H40N6/c1-5-20-41(21-6-1)44-36-37-49(51-32-19-31-50-46-28-13-16-33-54(46)67(60(50)51)45-26-11-4-12-27-45)57(38-44)68-55-34-17-14-29-47(55)52-39-53-48-30-15-18-35-56(48)69(59(53)40-58(52)68)63-65-61(42-22-7-2-8-23-42)64-62(66-63)43-24-9-3-10-25-43/h1-40H. The molecule has 4 aromatic heterocycles. The van der Waals surface area contributed by atoms with Crippen LogP contribution in [0.5, 0.6) is 0 Å². The quantitative estimate of drug-likeness (QED) is 0.160. The molecule has 0 spiro atoms. The monoisotopic (exact) mass is 880 g/mol. The zero-order valence-electron chi connectivity index (χ0n) is 37.3. The number of benzene rings is 10. The van der Waals surface area contributed by atoms with E-state index >= 15 is 0 Å². The highest BCUT2D eigenvalue weighted by Gasteiger charge is 2.24. The Hall–Kier alpha value is -9.39. The van der Waals surface area contributed by atoms with E-state index in [0.29, 0.717) is 17.6 Å². The first kappa shape index (κ1) is 38.8. The normalized spacial score (nSPS) is 11.8. The molecule has 0 atom stereocenters. The van der Waals surface area contributed by atoms with Gasteiger partial charge in [0.05, 0.1) is 38.8 Å². The fourth-order valence-corrected chi connectivity index (χ4v) is 10.6. The van der Waals surface area contributed by atoms with E-state index in [1.165, 1.54) is 32.6 Å². The molecule has 0 unspecified atom stereocenters. The van der Waals surface area contributed by atoms with Crippen molar-refractivity contribution in [2.24, 2.45) is 0 Å². The summed E-state index contributed by atoms with van der Waals surface area (Å²) < 4.78 is 7.15. The Morgan fingerprint density at radius 3 is 1.35 bits per heavy atom. The Kier molecular flexibility index (Phi) is 8.79. The van der Waals surface area contributed by atoms with E-state index in [4.69, 9.17) is 15.0 Å². The lowest BCUT2D eigenvalue weighted by atomic mass is 9.96. The molecule has 0 bridgehead atoms. The van der Waals surface area contributed by atoms with Crippen LogP contribution in [-0.2, 0) is 0 Å². The summed E-state index contributed by atoms with van der Waals surface area (Å²) in [6, 6.07) is 86.5. The fraction of sp³-hybridized carbons (Fsp3) is 0. The summed E-state index contributed by atoms with van der Waals surface area (Å²) in [5.74, 6) is 1.79. The fourth-order valence-electron chi connectivity index (χ4n) is 10.6. The topological polar surface area (TPSA) is 53.5 Å². The van der Waals surface area contributed by atoms with Crippen molar-refractivity contribution in [1.82, 2.24) is 28.7 Å². The number of aromatic nitrogens is 6. The van der Waals surface area contributed by atoms with Gasteiger partial charge in [0, 0.05) is 60.3 Å². The Labute approximate surface area is 397 Å². The maximum atomic E-state index is 5.29. The minimum atomic E-state index is 0.558. The second-order valence-corrected chi connectivity index (χ2v) is 17.6. The first-order valence-electron chi connectivity index (χ1n) is 23.4. The van der Waals surface area contributed by atoms with Crippen LogP contribution >= 0.6 is 0 Å². The molecular formula is C63H40N6. The van der Waals surface area contributed by atoms with E-state index in [9.17, 15) is 0 Å². The van der Waals surface area contributed by atoms with Crippen molar-refractivity contribution in [3.05, 3.63) is 243 Å². The number of nitrogens with zero attached hydrogens (tertiary/aromatic N) is 6. The number of para-hydroxylation sites is 5. The molecule has 14 rings (SSSR count). The van der Waals surface area contributed by atoms with E-state index < -0.39 is 0 Å². The number of hydrogen-bond acceptors (Lipinski definition) is 3. The van der Waals surface area contributed by atoms with E-state index in [1.54, 1.807) is 0 Å². The minimum Gasteiger partial charge on any atom is -0.309 e. The van der Waals surface area contributed by atoms with Crippen LogP contribution in [0, 0.1) is 0 Å². The summed E-state index contributed by atoms with van der Waals surface area (Å²) in [6.07, 6.45) is 0. The maximum Gasteiger partial charge on any atom is 0.238 e. The van der Waals surface area contributed by atoms with Crippen molar-refractivity contribution in [2.45, 2.75) is 0 Å². The molecule has 14 aromatic rings. The predicted molar refractivity (Wildman–Crippen MR) is 285 cm³/mol. The molecule has 322 valence electrons. The molecule has 0 radical (unpaired) electrons. The molecule has 0 aliphatic carbocycles. The average molecular weight is 881 g/mol. The molecule has 0 amide bonds. The maximum absolute atomic E-state index is 5.29. The molecule has 0 saturated carbocycles. The largest absolute Gasteiger partial charge is 0.309 e. The van der Waals surface area contributed by atoms with Gasteiger partial charge in [-0.2, -0.15) is 9.97 Å². The van der Waals surface area contributed by atoms with Gasteiger partial charge in [-0.15, -0.1) is 0 Å². The third kappa shape index (κ3) is 6.16. The van der Waals surface area contributed by atoms with Crippen LogP contribution in [0.4, 0.5) is 0 Å². The summed E-state index contributed by atoms with van der Waals surface area (Å²) in [7, 11) is 0. The molecule has 4 heterocycles. The SMILES string of the molecule is c1ccc(-c2ccc(-c3cccc4c5ccccc5n(-c5ccccc5)c34)c(-n3c4ccccc4c4cc5c6ccccc6n(-c6nc(-c7ccccc7)nc(-c7ccccc7)n6)c5cc43)c2)cc1. The third-order valence-electron chi connectivity index (χ3n) is 13.7. The highest BCUT2D eigenvalue weighted by Crippen LogP contribution is 2.45. The van der Waals surface area contributed by atoms with Crippen LogP contribution < -0.4 is 0 Å². The minimum absolute atomic E-state index is 0.558. The molecule has 0 N–H and O–H groups in total. The van der Waals surface area contributed by atoms with Gasteiger partial charge in [0.2, 0.25) is 5.95 Å². The highest BCUT2D eigenvalue weighted by atomic mass is 15.2. The molecule has 0 saturated heterocycles. The van der Waals surface area contributed by atoms with Crippen molar-refractivity contribution < 1.29 is 0 Å². The number of fused-ring (bicyclic) bond motifs is 9. The van der Waals surface area contributed by atoms with Gasteiger partial charge in [-0.1, -0.05) is 194 Å². The lowest BCUT2D eigenvalue weighted by Gasteiger charge is -2.18. The lowest BCUT2D eigenvalue weighted by molar-refractivity contribution is 0.953. The average Bonchev–Trinajstić information content (AvgIpc) is 4.06. The van der Waals surface area contributed by atoms with Crippen LogP contribution in [0.3, 0.4) is 0 Å². The summed E-state index contributed by atoms with van der Waals surface area (Å²) in [5.41, 5.74) is 15.2. The van der Waals surface area contributed by atoms with E-state index in [2.05, 4.69) is 220 Å². The van der Waals surface area contributed by atoms with Crippen LogP contribution in [0.15, 0.2) is 243 Å². The van der Waals surface area contributed by atoms with E-state index in [1.807, 2.05) is 36.4 Å². The van der Waals surface area contributed by atoms with Crippen molar-refractivity contribution in [3.63, 3.8) is 0 Å². The third-order valence-corrected chi connectivity index (χ3v) is 13.7.